The van der Waals surface area contributed by atoms with Gasteiger partial charge in [0.15, 0.2) is 6.61 Å². The van der Waals surface area contributed by atoms with Crippen LogP contribution in [0.25, 0.3) is 0 Å². The Morgan fingerprint density at radius 2 is 2.27 bits per heavy atom. The summed E-state index contributed by atoms with van der Waals surface area (Å²) >= 11 is 8.52. The van der Waals surface area contributed by atoms with Crippen LogP contribution in [0.15, 0.2) is 12.1 Å². The molecule has 2 fully saturated rings. The van der Waals surface area contributed by atoms with Gasteiger partial charge in [-0.15, -0.1) is 23.1 Å². The van der Waals surface area contributed by atoms with Crippen LogP contribution in [0.2, 0.25) is 4.34 Å². The highest BCUT2D eigenvalue weighted by molar-refractivity contribution is 8.01. The maximum atomic E-state index is 12.2. The molecule has 0 spiro atoms. The fourth-order valence-electron chi connectivity index (χ4n) is 2.76. The van der Waals surface area contributed by atoms with Crippen molar-refractivity contribution in [2.24, 2.45) is 0 Å². The lowest BCUT2D eigenvalue weighted by atomic mass is 10.2. The molecule has 118 valence electrons. The third kappa shape index (κ3) is 2.77. The molecule has 8 heteroatoms. The van der Waals surface area contributed by atoms with Crippen LogP contribution in [0, 0.1) is 0 Å². The zero-order valence-corrected chi connectivity index (χ0v) is 14.2. The van der Waals surface area contributed by atoms with Crippen LogP contribution in [0.1, 0.15) is 29.4 Å². The van der Waals surface area contributed by atoms with E-state index in [-0.39, 0.29) is 23.2 Å². The first-order chi connectivity index (χ1) is 10.4. The molecule has 2 saturated heterocycles. The Labute approximate surface area is 140 Å². The van der Waals surface area contributed by atoms with E-state index in [0.717, 1.165) is 17.8 Å². The van der Waals surface area contributed by atoms with Gasteiger partial charge in [0.1, 0.15) is 6.04 Å². The molecule has 1 amide bonds. The summed E-state index contributed by atoms with van der Waals surface area (Å²) in [6.07, 6.45) is 1.20. The first kappa shape index (κ1) is 15.8. The van der Waals surface area contributed by atoms with E-state index in [1.54, 1.807) is 28.8 Å². The van der Waals surface area contributed by atoms with Gasteiger partial charge in [-0.3, -0.25) is 9.59 Å². The normalized spacial score (nSPS) is 27.1. The van der Waals surface area contributed by atoms with Crippen molar-refractivity contribution in [2.45, 2.75) is 30.7 Å². The Balaban J connectivity index is 1.61. The summed E-state index contributed by atoms with van der Waals surface area (Å²) in [5, 5.41) is 0. The predicted octanol–water partition coefficient (Wildman–Crippen LogP) is 2.58. The molecule has 0 aromatic carbocycles. The molecule has 3 heterocycles. The number of thioether (sulfide) groups is 1. The molecule has 1 aromatic heterocycles. The number of thiophene rings is 1. The van der Waals surface area contributed by atoms with Crippen molar-refractivity contribution in [3.8, 4) is 0 Å². The zero-order chi connectivity index (χ0) is 15.9. The van der Waals surface area contributed by atoms with Gasteiger partial charge in [-0.2, -0.15) is 0 Å². The van der Waals surface area contributed by atoms with Crippen molar-refractivity contribution in [3.63, 3.8) is 0 Å². The average molecular weight is 360 g/mol. The van der Waals surface area contributed by atoms with Gasteiger partial charge in [-0.05, 0) is 25.5 Å². The van der Waals surface area contributed by atoms with Crippen molar-refractivity contribution < 1.29 is 19.1 Å². The number of Topliss-reactive ketones (excluding diaryl/α,β-unsaturated/α-hetero) is 1. The number of hydrogen-bond acceptors (Lipinski definition) is 6. The number of amides is 1. The lowest BCUT2D eigenvalue weighted by Crippen LogP contribution is -2.46. The van der Waals surface area contributed by atoms with Crippen LogP contribution in [-0.2, 0) is 14.3 Å². The van der Waals surface area contributed by atoms with E-state index >= 15 is 0 Å². The van der Waals surface area contributed by atoms with E-state index in [0.29, 0.717) is 21.4 Å². The second-order valence-electron chi connectivity index (χ2n) is 5.40. The van der Waals surface area contributed by atoms with Gasteiger partial charge in [-0.25, -0.2) is 4.79 Å². The first-order valence-corrected chi connectivity index (χ1v) is 9.00. The Morgan fingerprint density at radius 1 is 1.50 bits per heavy atom. The van der Waals surface area contributed by atoms with E-state index in [1.165, 1.54) is 0 Å². The van der Waals surface area contributed by atoms with Crippen molar-refractivity contribution in [3.05, 3.63) is 21.3 Å². The maximum absolute atomic E-state index is 12.2. The minimum atomic E-state index is -0.593. The van der Waals surface area contributed by atoms with Crippen molar-refractivity contribution in [1.82, 2.24) is 4.90 Å². The Bertz CT molecular complexity index is 647. The number of hydrogen-bond donors (Lipinski definition) is 0. The number of carbonyl (C=O) groups excluding carboxylic acids is 3. The molecule has 0 N–H and O–H groups in total. The van der Waals surface area contributed by atoms with Gasteiger partial charge in [-0.1, -0.05) is 11.6 Å². The number of ketones is 1. The summed E-state index contributed by atoms with van der Waals surface area (Å²) in [7, 11) is 0. The van der Waals surface area contributed by atoms with E-state index < -0.39 is 12.0 Å². The van der Waals surface area contributed by atoms with Crippen LogP contribution in [0.5, 0.6) is 0 Å². The van der Waals surface area contributed by atoms with Gasteiger partial charge in [0.2, 0.25) is 11.7 Å². The van der Waals surface area contributed by atoms with E-state index in [9.17, 15) is 14.4 Å². The minimum absolute atomic E-state index is 0.0224. The number of nitrogens with zero attached hydrogens (tertiary/aromatic N) is 1. The van der Waals surface area contributed by atoms with Gasteiger partial charge in [0.25, 0.3) is 0 Å². The topological polar surface area (TPSA) is 63.7 Å². The molecular weight excluding hydrogens is 346 g/mol. The summed E-state index contributed by atoms with van der Waals surface area (Å²) in [5.74, 6) is -0.306. The Kier molecular flexibility index (Phi) is 4.22. The van der Waals surface area contributed by atoms with E-state index in [2.05, 4.69) is 0 Å². The monoisotopic (exact) mass is 359 g/mol. The number of halogens is 1. The molecule has 0 radical (unpaired) electrons. The average Bonchev–Trinajstić information content (AvgIpc) is 3.13. The Hall–Kier alpha value is -1.05. The standard InChI is InChI=1S/C14H14ClNO4S2/c1-14-5-4-12(18)16(14)8(7-21-14)13(19)20-6-9(17)10-2-3-11(15)22-10/h2-3,8H,4-7H2,1H3/t8-,14+/m0/s1. The summed E-state index contributed by atoms with van der Waals surface area (Å²) in [4.78, 5) is 37.9. The first-order valence-electron chi connectivity index (χ1n) is 6.82. The molecule has 2 atom stereocenters. The molecule has 3 rings (SSSR count). The second-order valence-corrected chi connectivity index (χ2v) is 8.62. The third-order valence-corrected chi connectivity index (χ3v) is 6.69. The molecular formula is C14H14ClNO4S2. The lowest BCUT2D eigenvalue weighted by Gasteiger charge is -2.29. The lowest BCUT2D eigenvalue weighted by molar-refractivity contribution is -0.152. The van der Waals surface area contributed by atoms with Crippen LogP contribution in [0.3, 0.4) is 0 Å². The summed E-state index contributed by atoms with van der Waals surface area (Å²) in [6.45, 7) is 1.64. The van der Waals surface area contributed by atoms with Gasteiger partial charge < -0.3 is 9.64 Å². The quantitative estimate of drug-likeness (QED) is 0.610. The molecule has 0 aliphatic carbocycles. The van der Waals surface area contributed by atoms with Crippen molar-refractivity contribution >= 4 is 52.4 Å². The number of ether oxygens (including phenoxy) is 1. The molecule has 1 aromatic rings. The number of rotatable bonds is 4. The third-order valence-electron chi connectivity index (χ3n) is 3.91. The van der Waals surface area contributed by atoms with Crippen molar-refractivity contribution in [1.29, 1.82) is 0 Å². The summed E-state index contributed by atoms with van der Waals surface area (Å²) < 4.78 is 5.63. The predicted molar refractivity (Wildman–Crippen MR) is 85.3 cm³/mol. The van der Waals surface area contributed by atoms with Crippen molar-refractivity contribution in [2.75, 3.05) is 12.4 Å². The summed E-state index contributed by atoms with van der Waals surface area (Å²) in [6, 6.07) is 2.64. The molecule has 0 unspecified atom stereocenters. The minimum Gasteiger partial charge on any atom is -0.456 e. The zero-order valence-electron chi connectivity index (χ0n) is 11.8. The van der Waals surface area contributed by atoms with E-state index in [4.69, 9.17) is 16.3 Å². The van der Waals surface area contributed by atoms with Gasteiger partial charge in [0, 0.05) is 12.2 Å². The highest BCUT2D eigenvalue weighted by Gasteiger charge is 2.53. The molecule has 5 nitrogen and oxygen atoms in total. The van der Waals surface area contributed by atoms with Crippen LogP contribution in [0.4, 0.5) is 0 Å². The molecule has 2 aliphatic heterocycles. The summed E-state index contributed by atoms with van der Waals surface area (Å²) in [5.41, 5.74) is 0. The smallest absolute Gasteiger partial charge is 0.330 e. The van der Waals surface area contributed by atoms with Crippen LogP contribution in [-0.4, -0.2) is 45.8 Å². The maximum Gasteiger partial charge on any atom is 0.330 e. The molecule has 0 bridgehead atoms. The fourth-order valence-corrected chi connectivity index (χ4v) is 5.15. The van der Waals surface area contributed by atoms with Gasteiger partial charge in [0.05, 0.1) is 14.1 Å². The highest BCUT2D eigenvalue weighted by atomic mass is 35.5. The molecule has 2 aliphatic rings. The largest absolute Gasteiger partial charge is 0.456 e. The SMILES string of the molecule is C[C@@]12CCC(=O)N1[C@H](C(=O)OCC(=O)c1ccc(Cl)s1)CS2. The van der Waals surface area contributed by atoms with E-state index in [1.807, 2.05) is 6.92 Å². The second kappa shape index (κ2) is 5.86. The van der Waals surface area contributed by atoms with Gasteiger partial charge >= 0.3 is 5.97 Å². The number of fused-ring (bicyclic) bond motifs is 1. The number of esters is 1. The number of carbonyl (C=O) groups is 3. The van der Waals surface area contributed by atoms with Crippen LogP contribution < -0.4 is 0 Å². The highest BCUT2D eigenvalue weighted by Crippen LogP contribution is 2.47. The Morgan fingerprint density at radius 3 is 2.95 bits per heavy atom. The van der Waals surface area contributed by atoms with Crippen LogP contribution >= 0.6 is 34.7 Å². The fraction of sp³-hybridized carbons (Fsp3) is 0.500. The molecule has 22 heavy (non-hydrogen) atoms. The molecule has 0 saturated carbocycles.